The number of nitrogens with zero attached hydrogens (tertiary/aromatic N) is 1. The monoisotopic (exact) mass is 277 g/mol. The van der Waals surface area contributed by atoms with Crippen molar-refractivity contribution in [2.75, 3.05) is 38.3 Å². The second-order valence-electron chi connectivity index (χ2n) is 4.06. The maximum absolute atomic E-state index is 11.8. The number of thioether (sulfide) groups is 1. The lowest BCUT2D eigenvalue weighted by Crippen LogP contribution is -2.39. The van der Waals surface area contributed by atoms with Crippen molar-refractivity contribution >= 4 is 23.6 Å². The molecule has 0 heterocycles. The molecule has 5 nitrogen and oxygen atoms in total. The van der Waals surface area contributed by atoms with E-state index in [1.54, 1.807) is 11.8 Å². The van der Waals surface area contributed by atoms with E-state index in [2.05, 4.69) is 0 Å². The molecule has 0 aliphatic heterocycles. The zero-order chi connectivity index (χ0) is 14.0. The average Bonchev–Trinajstić information content (AvgIpc) is 2.32. The number of rotatable bonds is 10. The van der Waals surface area contributed by atoms with Gasteiger partial charge in [0.05, 0.1) is 11.7 Å². The standard InChI is InChI=1S/C12H23NO4S/c1-4-17-7-5-6-13(11(14)9-18-3)8-10(2)12(15)16/h10H,4-9H2,1-3H3,(H,15,16). The molecular weight excluding hydrogens is 254 g/mol. The molecule has 0 radical (unpaired) electrons. The topological polar surface area (TPSA) is 66.8 Å². The number of aliphatic carboxylic acids is 1. The minimum Gasteiger partial charge on any atom is -0.481 e. The molecule has 0 aliphatic rings. The summed E-state index contributed by atoms with van der Waals surface area (Å²) in [5, 5.41) is 8.88. The lowest BCUT2D eigenvalue weighted by molar-refractivity contribution is -0.142. The first-order valence-corrected chi connectivity index (χ1v) is 7.49. The number of carboxylic acids is 1. The highest BCUT2D eigenvalue weighted by Gasteiger charge is 2.19. The van der Waals surface area contributed by atoms with Crippen molar-refractivity contribution in [3.05, 3.63) is 0 Å². The third kappa shape index (κ3) is 7.55. The molecule has 6 heteroatoms. The van der Waals surface area contributed by atoms with Gasteiger partial charge in [-0.3, -0.25) is 9.59 Å². The zero-order valence-corrected chi connectivity index (χ0v) is 12.2. The summed E-state index contributed by atoms with van der Waals surface area (Å²) in [5.74, 6) is -1.03. The van der Waals surface area contributed by atoms with Crippen molar-refractivity contribution in [2.24, 2.45) is 5.92 Å². The highest BCUT2D eigenvalue weighted by atomic mass is 32.2. The van der Waals surface area contributed by atoms with Gasteiger partial charge in [-0.05, 0) is 19.6 Å². The molecule has 0 aliphatic carbocycles. The Hall–Kier alpha value is -0.750. The van der Waals surface area contributed by atoms with Crippen LogP contribution in [0.3, 0.4) is 0 Å². The van der Waals surface area contributed by atoms with Gasteiger partial charge < -0.3 is 14.7 Å². The molecule has 0 saturated heterocycles. The number of ether oxygens (including phenoxy) is 1. The minimum absolute atomic E-state index is 0.00732. The molecule has 0 rings (SSSR count). The van der Waals surface area contributed by atoms with E-state index < -0.39 is 11.9 Å². The fourth-order valence-corrected chi connectivity index (χ4v) is 1.87. The maximum Gasteiger partial charge on any atom is 0.308 e. The third-order valence-electron chi connectivity index (χ3n) is 2.46. The zero-order valence-electron chi connectivity index (χ0n) is 11.3. The lowest BCUT2D eigenvalue weighted by Gasteiger charge is -2.24. The summed E-state index contributed by atoms with van der Waals surface area (Å²) in [7, 11) is 0. The quantitative estimate of drug-likeness (QED) is 0.610. The van der Waals surface area contributed by atoms with E-state index in [0.717, 1.165) is 6.42 Å². The van der Waals surface area contributed by atoms with Gasteiger partial charge >= 0.3 is 5.97 Å². The first-order valence-electron chi connectivity index (χ1n) is 6.10. The van der Waals surface area contributed by atoms with Crippen LogP contribution in [-0.4, -0.2) is 60.2 Å². The maximum atomic E-state index is 11.8. The van der Waals surface area contributed by atoms with Gasteiger partial charge in [-0.15, -0.1) is 0 Å². The number of amides is 1. The van der Waals surface area contributed by atoms with E-state index in [4.69, 9.17) is 9.84 Å². The van der Waals surface area contributed by atoms with Crippen LogP contribution < -0.4 is 0 Å². The summed E-state index contributed by atoms with van der Waals surface area (Å²) in [5.41, 5.74) is 0. The average molecular weight is 277 g/mol. The Morgan fingerprint density at radius 2 is 2.11 bits per heavy atom. The van der Waals surface area contributed by atoms with Gasteiger partial charge in [0.1, 0.15) is 0 Å². The van der Waals surface area contributed by atoms with Crippen LogP contribution in [0.4, 0.5) is 0 Å². The molecule has 0 saturated carbocycles. The van der Waals surface area contributed by atoms with Crippen LogP contribution in [0, 0.1) is 5.92 Å². The lowest BCUT2D eigenvalue weighted by atomic mass is 10.1. The molecule has 106 valence electrons. The van der Waals surface area contributed by atoms with Crippen molar-refractivity contribution in [2.45, 2.75) is 20.3 Å². The van der Waals surface area contributed by atoms with E-state index in [9.17, 15) is 9.59 Å². The molecule has 1 unspecified atom stereocenters. The molecular formula is C12H23NO4S. The number of hydrogen-bond acceptors (Lipinski definition) is 4. The second-order valence-corrected chi connectivity index (χ2v) is 4.93. The summed E-state index contributed by atoms with van der Waals surface area (Å²) in [4.78, 5) is 24.3. The molecule has 1 atom stereocenters. The molecule has 1 N–H and O–H groups in total. The third-order valence-corrected chi connectivity index (χ3v) is 2.99. The smallest absolute Gasteiger partial charge is 0.308 e. The number of carbonyl (C=O) groups excluding carboxylic acids is 1. The SMILES string of the molecule is CCOCCCN(CC(C)C(=O)O)C(=O)CSC. The number of carbonyl (C=O) groups is 2. The summed E-state index contributed by atoms with van der Waals surface area (Å²) in [6.45, 7) is 5.61. The van der Waals surface area contributed by atoms with Crippen LogP contribution >= 0.6 is 11.8 Å². The largest absolute Gasteiger partial charge is 0.481 e. The molecule has 1 amide bonds. The van der Waals surface area contributed by atoms with Crippen LogP contribution in [-0.2, 0) is 14.3 Å². The van der Waals surface area contributed by atoms with Gasteiger partial charge in [-0.25, -0.2) is 0 Å². The molecule has 0 bridgehead atoms. The predicted molar refractivity (Wildman–Crippen MR) is 72.9 cm³/mol. The molecule has 0 aromatic heterocycles. The van der Waals surface area contributed by atoms with Crippen molar-refractivity contribution in [1.82, 2.24) is 4.90 Å². The molecule has 0 aromatic rings. The van der Waals surface area contributed by atoms with Crippen molar-refractivity contribution in [1.29, 1.82) is 0 Å². The highest BCUT2D eigenvalue weighted by Crippen LogP contribution is 2.05. The normalized spacial score (nSPS) is 12.2. The first kappa shape index (κ1) is 17.2. The van der Waals surface area contributed by atoms with Gasteiger partial charge in [-0.2, -0.15) is 11.8 Å². The first-order chi connectivity index (χ1) is 8.52. The molecule has 0 aromatic carbocycles. The number of hydrogen-bond donors (Lipinski definition) is 1. The Kier molecular flexibility index (Phi) is 9.77. The van der Waals surface area contributed by atoms with Crippen molar-refractivity contribution in [3.63, 3.8) is 0 Å². The Morgan fingerprint density at radius 1 is 1.44 bits per heavy atom. The van der Waals surface area contributed by atoms with Gasteiger partial charge in [0.15, 0.2) is 0 Å². The minimum atomic E-state index is -0.873. The van der Waals surface area contributed by atoms with Crippen molar-refractivity contribution < 1.29 is 19.4 Å². The van der Waals surface area contributed by atoms with Crippen LogP contribution in [0.5, 0.6) is 0 Å². The predicted octanol–water partition coefficient (Wildman–Crippen LogP) is 1.33. The summed E-state index contributed by atoms with van der Waals surface area (Å²) < 4.78 is 5.22. The Bertz CT molecular complexity index is 260. The van der Waals surface area contributed by atoms with Crippen LogP contribution in [0.2, 0.25) is 0 Å². The summed E-state index contributed by atoms with van der Waals surface area (Å²) in [6, 6.07) is 0. The Labute approximate surface area is 113 Å². The molecule has 18 heavy (non-hydrogen) atoms. The van der Waals surface area contributed by atoms with Gasteiger partial charge in [0.2, 0.25) is 5.91 Å². The molecule has 0 fully saturated rings. The summed E-state index contributed by atoms with van der Waals surface area (Å²) >= 11 is 1.45. The Morgan fingerprint density at radius 3 is 2.61 bits per heavy atom. The van der Waals surface area contributed by atoms with E-state index in [-0.39, 0.29) is 12.5 Å². The summed E-state index contributed by atoms with van der Waals surface area (Å²) in [6.07, 6.45) is 2.59. The fraction of sp³-hybridized carbons (Fsp3) is 0.833. The van der Waals surface area contributed by atoms with Crippen LogP contribution in [0.15, 0.2) is 0 Å². The second kappa shape index (κ2) is 10.2. The van der Waals surface area contributed by atoms with Gasteiger partial charge in [-0.1, -0.05) is 6.92 Å². The van der Waals surface area contributed by atoms with Crippen LogP contribution in [0.25, 0.3) is 0 Å². The van der Waals surface area contributed by atoms with E-state index in [1.165, 1.54) is 11.8 Å². The molecule has 0 spiro atoms. The Balaban J connectivity index is 4.24. The van der Waals surface area contributed by atoms with Crippen molar-refractivity contribution in [3.8, 4) is 0 Å². The van der Waals surface area contributed by atoms with E-state index in [0.29, 0.717) is 25.5 Å². The number of carboxylic acid groups (broad SMARTS) is 1. The van der Waals surface area contributed by atoms with E-state index >= 15 is 0 Å². The van der Waals surface area contributed by atoms with Gasteiger partial charge in [0.25, 0.3) is 0 Å². The van der Waals surface area contributed by atoms with E-state index in [1.807, 2.05) is 13.2 Å². The fourth-order valence-electron chi connectivity index (χ4n) is 1.44. The van der Waals surface area contributed by atoms with Gasteiger partial charge in [0, 0.05) is 26.3 Å². The highest BCUT2D eigenvalue weighted by molar-refractivity contribution is 7.99. The van der Waals surface area contributed by atoms with Crippen LogP contribution in [0.1, 0.15) is 20.3 Å².